The number of hydrogen-bond acceptors (Lipinski definition) is 8. The zero-order valence-corrected chi connectivity index (χ0v) is 26.8. The minimum absolute atomic E-state index is 0.0284. The third-order valence-corrected chi connectivity index (χ3v) is 8.67. The summed E-state index contributed by atoms with van der Waals surface area (Å²) in [5.41, 5.74) is -2.16. The maximum absolute atomic E-state index is 13.9. The summed E-state index contributed by atoms with van der Waals surface area (Å²) in [5, 5.41) is 2.29. The van der Waals surface area contributed by atoms with Crippen molar-refractivity contribution >= 4 is 38.1 Å². The van der Waals surface area contributed by atoms with Crippen LogP contribution in [-0.2, 0) is 34.1 Å². The number of carbonyl (C=O) groups excluding carboxylic acids is 2. The summed E-state index contributed by atoms with van der Waals surface area (Å²) in [4.78, 5) is 24.6. The van der Waals surface area contributed by atoms with Gasteiger partial charge in [-0.1, -0.05) is 30.3 Å². The lowest BCUT2D eigenvalue weighted by atomic mass is 9.96. The monoisotopic (exact) mass is 662 g/mol. The number of esters is 1. The second kappa shape index (κ2) is 14.1. The van der Waals surface area contributed by atoms with Gasteiger partial charge in [0.1, 0.15) is 17.2 Å². The molecule has 2 rings (SSSR count). The van der Waals surface area contributed by atoms with Crippen molar-refractivity contribution in [1.29, 1.82) is 0 Å². The lowest BCUT2D eigenvalue weighted by molar-refractivity contribution is -0.157. The Labute approximate surface area is 256 Å². The minimum Gasteiger partial charge on any atom is -0.458 e. The lowest BCUT2D eigenvalue weighted by Crippen LogP contribution is -2.46. The molecule has 1 N–H and O–H groups in total. The molecule has 10 nitrogen and oxygen atoms in total. The first-order chi connectivity index (χ1) is 20.0. The Morgan fingerprint density at radius 2 is 1.36 bits per heavy atom. The lowest BCUT2D eigenvalue weighted by Gasteiger charge is -2.25. The molecule has 0 radical (unpaired) electrons. The average molecular weight is 663 g/mol. The van der Waals surface area contributed by atoms with E-state index in [1.54, 1.807) is 47.6 Å². The van der Waals surface area contributed by atoms with Crippen LogP contribution >= 0.6 is 0 Å². The van der Waals surface area contributed by atoms with Crippen LogP contribution in [0.15, 0.2) is 68.8 Å². The number of alkyl halides is 3. The zero-order chi connectivity index (χ0) is 33.6. The van der Waals surface area contributed by atoms with Gasteiger partial charge in [0.05, 0.1) is 21.5 Å². The summed E-state index contributed by atoms with van der Waals surface area (Å²) in [7, 11) is -8.42. The van der Waals surface area contributed by atoms with Crippen LogP contribution < -0.4 is 5.32 Å². The molecule has 2 aromatic carbocycles. The number of benzene rings is 2. The first kappa shape index (κ1) is 36.7. The van der Waals surface area contributed by atoms with Gasteiger partial charge in [0.15, 0.2) is 0 Å². The van der Waals surface area contributed by atoms with E-state index in [0.717, 1.165) is 30.5 Å². The maximum atomic E-state index is 13.9. The minimum atomic E-state index is -4.85. The molecule has 0 saturated carbocycles. The molecular weight excluding hydrogens is 625 g/mol. The Morgan fingerprint density at radius 1 is 0.841 bits per heavy atom. The first-order valence-electron chi connectivity index (χ1n) is 13.5. The highest BCUT2D eigenvalue weighted by Crippen LogP contribution is 2.38. The first-order valence-corrected chi connectivity index (χ1v) is 16.5. The number of sulfonamides is 1. The largest absolute Gasteiger partial charge is 0.458 e. The van der Waals surface area contributed by atoms with Crippen molar-refractivity contribution < 1.29 is 49.1 Å². The molecule has 0 aliphatic carbocycles. The quantitative estimate of drug-likeness (QED) is 0.243. The molecule has 1 amide bonds. The predicted octanol–water partition coefficient (Wildman–Crippen LogP) is 5.58. The molecule has 244 valence electrons. The molecular formula is C29H37F3N2O8S2. The summed E-state index contributed by atoms with van der Waals surface area (Å²) >= 11 is 0. The van der Waals surface area contributed by atoms with Crippen molar-refractivity contribution in [2.45, 2.75) is 93.5 Å². The molecule has 44 heavy (non-hydrogen) atoms. The van der Waals surface area contributed by atoms with Crippen molar-refractivity contribution in [1.82, 2.24) is 5.32 Å². The molecule has 2 atom stereocenters. The van der Waals surface area contributed by atoms with Gasteiger partial charge >= 0.3 is 18.2 Å². The average Bonchev–Trinajstić information content (AvgIpc) is 2.86. The smallest absolute Gasteiger partial charge is 0.408 e. The van der Waals surface area contributed by atoms with Crippen LogP contribution in [0, 0.1) is 0 Å². The third-order valence-electron chi connectivity index (χ3n) is 5.66. The Kier molecular flexibility index (Phi) is 11.8. The van der Waals surface area contributed by atoms with E-state index in [0.29, 0.717) is 0 Å². The number of alkyl carbamates (subject to hydrolysis) is 1. The SMILES string of the molecule is CC(C)(C)OC(=O)N[C@@H](CC=NS(=O)(=O)CCC(c1ccc(S(=O)(=O)c2ccccc2)cc1)C(F)(F)F)C(=O)OC(C)(C)C. The van der Waals surface area contributed by atoms with Crippen LogP contribution in [0.5, 0.6) is 0 Å². The van der Waals surface area contributed by atoms with Gasteiger partial charge in [-0.25, -0.2) is 26.4 Å². The molecule has 2 aromatic rings. The van der Waals surface area contributed by atoms with Crippen molar-refractivity contribution in [3.8, 4) is 0 Å². The van der Waals surface area contributed by atoms with Crippen molar-refractivity contribution in [3.63, 3.8) is 0 Å². The highest BCUT2D eigenvalue weighted by molar-refractivity contribution is 7.91. The summed E-state index contributed by atoms with van der Waals surface area (Å²) in [6.45, 7) is 9.54. The summed E-state index contributed by atoms with van der Waals surface area (Å²) < 4.78 is 106. The van der Waals surface area contributed by atoms with E-state index in [1.165, 1.54) is 24.3 Å². The number of nitrogens with zero attached hydrogens (tertiary/aromatic N) is 1. The fourth-order valence-corrected chi connectivity index (χ4v) is 5.99. The van der Waals surface area contributed by atoms with Crippen LogP contribution in [0.3, 0.4) is 0 Å². The van der Waals surface area contributed by atoms with Crippen molar-refractivity contribution in [3.05, 3.63) is 60.2 Å². The van der Waals surface area contributed by atoms with Crippen LogP contribution in [-0.4, -0.2) is 64.3 Å². The predicted molar refractivity (Wildman–Crippen MR) is 158 cm³/mol. The van der Waals surface area contributed by atoms with Crippen molar-refractivity contribution in [2.75, 3.05) is 5.75 Å². The number of ether oxygens (including phenoxy) is 2. The number of sulfone groups is 1. The fraction of sp³-hybridized carbons (Fsp3) is 0.483. The Bertz CT molecular complexity index is 1530. The van der Waals surface area contributed by atoms with E-state index in [4.69, 9.17) is 9.47 Å². The molecule has 0 aliphatic rings. The normalized spacial score (nSPS) is 14.6. The van der Waals surface area contributed by atoms with E-state index in [1.807, 2.05) is 0 Å². The second-order valence-electron chi connectivity index (χ2n) is 11.8. The summed E-state index contributed by atoms with van der Waals surface area (Å²) in [5.74, 6) is -4.14. The topological polar surface area (TPSA) is 145 Å². The molecule has 15 heteroatoms. The molecule has 0 spiro atoms. The van der Waals surface area contributed by atoms with E-state index in [9.17, 15) is 39.6 Å². The standard InChI is InChI=1S/C29H37F3N2O8S2/c1-27(2,3)41-25(35)24(34-26(36)42-28(4,5)6)16-18-33-43(37,38)19-17-23(29(30,31)32)20-12-14-22(15-13-20)44(39,40)21-10-8-7-9-11-21/h7-15,18,23-24H,16-17,19H2,1-6H3,(H,34,36)/t23?,24-/m0/s1. The van der Waals surface area contributed by atoms with Gasteiger partial charge < -0.3 is 14.8 Å². The Balaban J connectivity index is 2.18. The van der Waals surface area contributed by atoms with E-state index < -0.39 is 79.9 Å². The van der Waals surface area contributed by atoms with E-state index in [2.05, 4.69) is 9.71 Å². The van der Waals surface area contributed by atoms with Crippen LogP contribution in [0.1, 0.15) is 65.9 Å². The molecule has 1 unspecified atom stereocenters. The fourth-order valence-electron chi connectivity index (χ4n) is 3.75. The van der Waals surface area contributed by atoms with Gasteiger partial charge in [-0.15, -0.1) is 0 Å². The highest BCUT2D eigenvalue weighted by atomic mass is 32.2. The molecule has 0 fully saturated rings. The summed E-state index contributed by atoms with van der Waals surface area (Å²) in [6, 6.07) is 10.0. The Morgan fingerprint density at radius 3 is 1.86 bits per heavy atom. The molecule has 0 aromatic heterocycles. The summed E-state index contributed by atoms with van der Waals surface area (Å²) in [6.07, 6.45) is -6.38. The second-order valence-corrected chi connectivity index (χ2v) is 15.5. The van der Waals surface area contributed by atoms with Gasteiger partial charge in [-0.2, -0.15) is 17.6 Å². The van der Waals surface area contributed by atoms with Gasteiger partial charge in [0, 0.05) is 12.6 Å². The number of amides is 1. The third kappa shape index (κ3) is 11.9. The maximum Gasteiger partial charge on any atom is 0.408 e. The van der Waals surface area contributed by atoms with Crippen LogP contribution in [0.2, 0.25) is 0 Å². The zero-order valence-electron chi connectivity index (χ0n) is 25.2. The number of halogens is 3. The molecule has 0 heterocycles. The number of rotatable bonds is 11. The number of nitrogens with one attached hydrogen (secondary N) is 1. The van der Waals surface area contributed by atoms with Gasteiger partial charge in [0.2, 0.25) is 9.84 Å². The molecule has 0 aliphatic heterocycles. The Hall–Kier alpha value is -3.46. The van der Waals surface area contributed by atoms with Gasteiger partial charge in [-0.05, 0) is 77.8 Å². The van der Waals surface area contributed by atoms with Gasteiger partial charge in [0.25, 0.3) is 10.0 Å². The molecule has 0 saturated heterocycles. The van der Waals surface area contributed by atoms with E-state index in [-0.39, 0.29) is 15.4 Å². The molecule has 0 bridgehead atoms. The van der Waals surface area contributed by atoms with E-state index >= 15 is 0 Å². The van der Waals surface area contributed by atoms with Gasteiger partial charge in [-0.3, -0.25) is 0 Å². The number of hydrogen-bond donors (Lipinski definition) is 1. The highest BCUT2D eigenvalue weighted by Gasteiger charge is 2.41. The van der Waals surface area contributed by atoms with Crippen molar-refractivity contribution in [2.24, 2.45) is 4.40 Å². The van der Waals surface area contributed by atoms with Crippen LogP contribution in [0.25, 0.3) is 0 Å². The number of carbonyl (C=O) groups is 2. The van der Waals surface area contributed by atoms with Crippen LogP contribution in [0.4, 0.5) is 18.0 Å².